The van der Waals surface area contributed by atoms with Crippen LogP contribution in [0.2, 0.25) is 0 Å². The summed E-state index contributed by atoms with van der Waals surface area (Å²) in [6, 6.07) is 4.25. The summed E-state index contributed by atoms with van der Waals surface area (Å²) in [7, 11) is 0. The van der Waals surface area contributed by atoms with Gasteiger partial charge in [-0.1, -0.05) is 20.8 Å². The van der Waals surface area contributed by atoms with E-state index in [2.05, 4.69) is 41.2 Å². The predicted octanol–water partition coefficient (Wildman–Crippen LogP) is 3.61. The normalized spacial score (nSPS) is 11.8. The molecule has 0 saturated carbocycles. The molecule has 0 unspecified atom stereocenters. The number of benzene rings is 1. The number of anilines is 1. The van der Waals surface area contributed by atoms with Gasteiger partial charge in [-0.15, -0.1) is 4.91 Å². The summed E-state index contributed by atoms with van der Waals surface area (Å²) >= 11 is 1.16. The van der Waals surface area contributed by atoms with E-state index in [9.17, 15) is 15.1 Å². The number of nitrogens with one attached hydrogen (secondary N) is 1. The van der Waals surface area contributed by atoms with Gasteiger partial charge in [0.1, 0.15) is 11.2 Å². The van der Waals surface area contributed by atoms with Crippen molar-refractivity contribution in [3.8, 4) is 11.5 Å². The van der Waals surface area contributed by atoms with E-state index in [0.717, 1.165) is 29.9 Å². The molecule has 0 saturated heterocycles. The van der Waals surface area contributed by atoms with Crippen molar-refractivity contribution in [3.05, 3.63) is 29.3 Å². The summed E-state index contributed by atoms with van der Waals surface area (Å²) in [5.41, 5.74) is 7.55. The standard InChI is InChI=1S/C19H24N6O3S/c1-19(2,3)10-21-6-7-25-12-4-5-22-17(20)16(12)23-18(25)29-15-9-14(27)13(26)8-11(15)24-28/h4-5,8-9,21,26-27H,6-7,10H2,1-3H3,(H2,20,22). The van der Waals surface area contributed by atoms with Gasteiger partial charge in [0.25, 0.3) is 0 Å². The number of phenols is 2. The minimum Gasteiger partial charge on any atom is -0.504 e. The molecule has 0 fully saturated rings. The Labute approximate surface area is 172 Å². The Balaban J connectivity index is 1.96. The van der Waals surface area contributed by atoms with E-state index < -0.39 is 5.75 Å². The maximum absolute atomic E-state index is 11.2. The van der Waals surface area contributed by atoms with Gasteiger partial charge >= 0.3 is 0 Å². The van der Waals surface area contributed by atoms with Crippen LogP contribution in [-0.4, -0.2) is 37.8 Å². The molecule has 29 heavy (non-hydrogen) atoms. The average Bonchev–Trinajstić information content (AvgIpc) is 2.99. The number of pyridine rings is 1. The first-order valence-corrected chi connectivity index (χ1v) is 9.90. The molecule has 1 aromatic carbocycles. The van der Waals surface area contributed by atoms with E-state index in [1.54, 1.807) is 6.20 Å². The second kappa shape index (κ2) is 8.26. The molecule has 0 aliphatic heterocycles. The first kappa shape index (κ1) is 20.9. The molecule has 2 aromatic heterocycles. The monoisotopic (exact) mass is 416 g/mol. The third-order valence-electron chi connectivity index (χ3n) is 4.18. The average molecular weight is 417 g/mol. The molecule has 0 amide bonds. The van der Waals surface area contributed by atoms with Crippen molar-refractivity contribution in [3.63, 3.8) is 0 Å². The number of imidazole rings is 1. The number of aromatic nitrogens is 3. The third kappa shape index (κ3) is 4.77. The molecule has 0 spiro atoms. The van der Waals surface area contributed by atoms with Crippen molar-refractivity contribution in [2.24, 2.45) is 10.6 Å². The molecule has 0 aliphatic carbocycles. The van der Waals surface area contributed by atoms with Gasteiger partial charge in [-0.25, -0.2) is 9.97 Å². The Morgan fingerprint density at radius 1 is 1.28 bits per heavy atom. The number of fused-ring (bicyclic) bond motifs is 1. The zero-order valence-electron chi connectivity index (χ0n) is 16.5. The minimum absolute atomic E-state index is 0.0147. The van der Waals surface area contributed by atoms with Crippen LogP contribution in [0.4, 0.5) is 11.5 Å². The van der Waals surface area contributed by atoms with Crippen LogP contribution in [0.15, 0.2) is 39.6 Å². The van der Waals surface area contributed by atoms with E-state index in [1.807, 2.05) is 10.6 Å². The number of nitroso groups, excluding NO2 is 1. The van der Waals surface area contributed by atoms with E-state index >= 15 is 0 Å². The summed E-state index contributed by atoms with van der Waals surface area (Å²) in [6.07, 6.45) is 1.62. The maximum Gasteiger partial charge on any atom is 0.174 e. The molecule has 0 atom stereocenters. The van der Waals surface area contributed by atoms with Gasteiger partial charge in [0, 0.05) is 42.9 Å². The maximum atomic E-state index is 11.2. The fourth-order valence-corrected chi connectivity index (χ4v) is 3.80. The van der Waals surface area contributed by atoms with Crippen molar-refractivity contribution < 1.29 is 10.2 Å². The predicted molar refractivity (Wildman–Crippen MR) is 114 cm³/mol. The number of nitrogen functional groups attached to an aromatic ring is 1. The molecule has 0 aliphatic rings. The summed E-state index contributed by atoms with van der Waals surface area (Å²) in [4.78, 5) is 20.2. The number of nitrogens with two attached hydrogens (primary N) is 1. The second-order valence-electron chi connectivity index (χ2n) is 7.85. The van der Waals surface area contributed by atoms with Crippen LogP contribution in [-0.2, 0) is 6.54 Å². The molecular formula is C19H24N6O3S. The fraction of sp³-hybridized carbons (Fsp3) is 0.368. The lowest BCUT2D eigenvalue weighted by molar-refractivity contribution is 0.375. The molecular weight excluding hydrogens is 392 g/mol. The van der Waals surface area contributed by atoms with Crippen molar-refractivity contribution in [1.29, 1.82) is 0 Å². The summed E-state index contributed by atoms with van der Waals surface area (Å²) in [5, 5.41) is 26.4. The highest BCUT2D eigenvalue weighted by Gasteiger charge is 2.18. The molecule has 0 bridgehead atoms. The summed E-state index contributed by atoms with van der Waals surface area (Å²) in [6.45, 7) is 8.66. The van der Waals surface area contributed by atoms with Crippen molar-refractivity contribution in [2.45, 2.75) is 37.4 Å². The van der Waals surface area contributed by atoms with Gasteiger partial charge in [0.15, 0.2) is 22.5 Å². The number of rotatable bonds is 7. The number of hydrogen-bond donors (Lipinski definition) is 4. The largest absolute Gasteiger partial charge is 0.504 e. The smallest absolute Gasteiger partial charge is 0.174 e. The highest BCUT2D eigenvalue weighted by Crippen LogP contribution is 2.42. The van der Waals surface area contributed by atoms with E-state index in [0.29, 0.717) is 34.5 Å². The van der Waals surface area contributed by atoms with Crippen molar-refractivity contribution >= 4 is 34.3 Å². The Morgan fingerprint density at radius 3 is 2.69 bits per heavy atom. The topological polar surface area (TPSA) is 139 Å². The Hall–Kier alpha value is -2.85. The van der Waals surface area contributed by atoms with Crippen molar-refractivity contribution in [1.82, 2.24) is 19.9 Å². The molecule has 10 heteroatoms. The van der Waals surface area contributed by atoms with Crippen LogP contribution in [0.3, 0.4) is 0 Å². The van der Waals surface area contributed by atoms with Crippen LogP contribution in [0.25, 0.3) is 11.0 Å². The molecule has 154 valence electrons. The quantitative estimate of drug-likeness (QED) is 0.260. The van der Waals surface area contributed by atoms with Crippen LogP contribution in [0.1, 0.15) is 20.8 Å². The highest BCUT2D eigenvalue weighted by molar-refractivity contribution is 7.99. The Morgan fingerprint density at radius 2 is 2.00 bits per heavy atom. The first-order valence-electron chi connectivity index (χ1n) is 9.08. The van der Waals surface area contributed by atoms with E-state index in [-0.39, 0.29) is 16.9 Å². The van der Waals surface area contributed by atoms with Crippen LogP contribution in [0, 0.1) is 10.3 Å². The van der Waals surface area contributed by atoms with Crippen molar-refractivity contribution in [2.75, 3.05) is 18.8 Å². The van der Waals surface area contributed by atoms with Gasteiger partial charge in [0.05, 0.1) is 5.52 Å². The lowest BCUT2D eigenvalue weighted by Crippen LogP contribution is -2.29. The van der Waals surface area contributed by atoms with Crippen LogP contribution >= 0.6 is 11.8 Å². The Kier molecular flexibility index (Phi) is 5.94. The fourth-order valence-electron chi connectivity index (χ4n) is 2.80. The molecule has 9 nitrogen and oxygen atoms in total. The van der Waals surface area contributed by atoms with Gasteiger partial charge in [-0.05, 0) is 28.4 Å². The number of phenolic OH excluding ortho intramolecular Hbond substituents is 2. The number of nitrogens with zero attached hydrogens (tertiary/aromatic N) is 4. The zero-order chi connectivity index (χ0) is 21.2. The summed E-state index contributed by atoms with van der Waals surface area (Å²) in [5.74, 6) is -0.430. The summed E-state index contributed by atoms with van der Waals surface area (Å²) < 4.78 is 1.98. The molecule has 3 aromatic rings. The number of aromatic hydroxyl groups is 2. The highest BCUT2D eigenvalue weighted by atomic mass is 32.2. The minimum atomic E-state index is -0.405. The van der Waals surface area contributed by atoms with Crippen LogP contribution in [0.5, 0.6) is 11.5 Å². The zero-order valence-corrected chi connectivity index (χ0v) is 17.3. The molecule has 3 rings (SSSR count). The van der Waals surface area contributed by atoms with Gasteiger partial charge in [-0.2, -0.15) is 0 Å². The Bertz CT molecular complexity index is 1040. The SMILES string of the molecule is CC(C)(C)CNCCn1c(Sc2cc(O)c(O)cc2N=O)nc2c(N)nccc21. The van der Waals surface area contributed by atoms with Gasteiger partial charge in [0.2, 0.25) is 0 Å². The molecule has 2 heterocycles. The second-order valence-corrected chi connectivity index (χ2v) is 8.86. The molecule has 5 N–H and O–H groups in total. The van der Waals surface area contributed by atoms with Gasteiger partial charge in [-0.3, -0.25) is 0 Å². The van der Waals surface area contributed by atoms with E-state index in [1.165, 1.54) is 6.07 Å². The lowest BCUT2D eigenvalue weighted by Gasteiger charge is -2.19. The van der Waals surface area contributed by atoms with Gasteiger partial charge < -0.3 is 25.8 Å². The number of hydrogen-bond acceptors (Lipinski definition) is 9. The van der Waals surface area contributed by atoms with Crippen LogP contribution < -0.4 is 11.1 Å². The lowest BCUT2D eigenvalue weighted by atomic mass is 9.97. The van der Waals surface area contributed by atoms with E-state index in [4.69, 9.17) is 5.73 Å². The molecule has 0 radical (unpaired) electrons. The third-order valence-corrected chi connectivity index (χ3v) is 5.22. The first-order chi connectivity index (χ1) is 13.7.